The first kappa shape index (κ1) is 14.1. The number of rotatable bonds is 3. The van der Waals surface area contributed by atoms with E-state index >= 15 is 0 Å². The molecule has 0 aliphatic carbocycles. The number of hydrogen-bond donors (Lipinski definition) is 3. The highest BCUT2D eigenvalue weighted by molar-refractivity contribution is 5.66. The number of para-hydroxylation sites is 1. The third kappa shape index (κ3) is 2.80. The van der Waals surface area contributed by atoms with Crippen molar-refractivity contribution in [2.24, 2.45) is 5.84 Å². The van der Waals surface area contributed by atoms with Crippen molar-refractivity contribution in [1.82, 2.24) is 9.97 Å². The van der Waals surface area contributed by atoms with E-state index in [1.54, 1.807) is 6.92 Å². The lowest BCUT2D eigenvalue weighted by atomic mass is 10.1. The Bertz CT molecular complexity index is 612. The van der Waals surface area contributed by atoms with Crippen molar-refractivity contribution in [2.45, 2.75) is 13.1 Å². The summed E-state index contributed by atoms with van der Waals surface area (Å²) in [6.45, 7) is 1.65. The van der Waals surface area contributed by atoms with Gasteiger partial charge in [0.05, 0.1) is 11.3 Å². The SMILES string of the molecule is Cc1c(NN)ncnc1Nc1ccccc1C(F)(F)F. The topological polar surface area (TPSA) is 75.9 Å². The van der Waals surface area contributed by atoms with E-state index in [-0.39, 0.29) is 11.5 Å². The molecule has 0 amide bonds. The van der Waals surface area contributed by atoms with Crippen LogP contribution >= 0.6 is 0 Å². The first-order valence-corrected chi connectivity index (χ1v) is 5.65. The summed E-state index contributed by atoms with van der Waals surface area (Å²) in [7, 11) is 0. The molecule has 20 heavy (non-hydrogen) atoms. The van der Waals surface area contributed by atoms with E-state index < -0.39 is 11.7 Å². The van der Waals surface area contributed by atoms with Gasteiger partial charge >= 0.3 is 6.18 Å². The zero-order chi connectivity index (χ0) is 14.8. The van der Waals surface area contributed by atoms with Crippen LogP contribution in [0, 0.1) is 6.92 Å². The van der Waals surface area contributed by atoms with Gasteiger partial charge in [-0.3, -0.25) is 0 Å². The molecule has 8 heteroatoms. The van der Waals surface area contributed by atoms with Gasteiger partial charge in [0.2, 0.25) is 0 Å². The molecule has 5 nitrogen and oxygen atoms in total. The number of nitrogens with zero attached hydrogens (tertiary/aromatic N) is 2. The van der Waals surface area contributed by atoms with Gasteiger partial charge in [-0.2, -0.15) is 13.2 Å². The Morgan fingerprint density at radius 1 is 1.10 bits per heavy atom. The van der Waals surface area contributed by atoms with Crippen molar-refractivity contribution < 1.29 is 13.2 Å². The molecule has 0 spiro atoms. The third-order valence-electron chi connectivity index (χ3n) is 2.71. The van der Waals surface area contributed by atoms with Crippen molar-refractivity contribution in [1.29, 1.82) is 0 Å². The maximum atomic E-state index is 12.9. The minimum absolute atomic E-state index is 0.0789. The fourth-order valence-corrected chi connectivity index (χ4v) is 1.69. The minimum atomic E-state index is -4.44. The van der Waals surface area contributed by atoms with Crippen molar-refractivity contribution in [2.75, 3.05) is 10.7 Å². The molecule has 0 bridgehead atoms. The van der Waals surface area contributed by atoms with E-state index in [0.29, 0.717) is 11.4 Å². The molecule has 0 saturated heterocycles. The van der Waals surface area contributed by atoms with Gasteiger partial charge in [0.25, 0.3) is 0 Å². The van der Waals surface area contributed by atoms with E-state index in [0.717, 1.165) is 6.07 Å². The van der Waals surface area contributed by atoms with E-state index in [2.05, 4.69) is 20.7 Å². The van der Waals surface area contributed by atoms with E-state index in [1.165, 1.54) is 24.5 Å². The van der Waals surface area contributed by atoms with Gasteiger partial charge in [-0.25, -0.2) is 15.8 Å². The summed E-state index contributed by atoms with van der Waals surface area (Å²) in [6, 6.07) is 5.17. The second-order valence-corrected chi connectivity index (χ2v) is 4.01. The van der Waals surface area contributed by atoms with Crippen molar-refractivity contribution >= 4 is 17.3 Å². The quantitative estimate of drug-likeness (QED) is 0.596. The van der Waals surface area contributed by atoms with E-state index in [1.807, 2.05) is 0 Å². The average molecular weight is 283 g/mol. The van der Waals surface area contributed by atoms with Gasteiger partial charge in [-0.05, 0) is 19.1 Å². The Morgan fingerprint density at radius 2 is 1.75 bits per heavy atom. The maximum absolute atomic E-state index is 12.9. The highest BCUT2D eigenvalue weighted by Gasteiger charge is 2.33. The Labute approximate surface area is 113 Å². The number of anilines is 3. The first-order valence-electron chi connectivity index (χ1n) is 5.65. The van der Waals surface area contributed by atoms with E-state index in [4.69, 9.17) is 5.84 Å². The summed E-state index contributed by atoms with van der Waals surface area (Å²) < 4.78 is 38.7. The van der Waals surface area contributed by atoms with Gasteiger partial charge in [-0.1, -0.05) is 12.1 Å². The summed E-state index contributed by atoms with van der Waals surface area (Å²) in [6.07, 6.45) is -3.24. The lowest BCUT2D eigenvalue weighted by Gasteiger charge is -2.15. The van der Waals surface area contributed by atoms with Gasteiger partial charge in [-0.15, -0.1) is 0 Å². The van der Waals surface area contributed by atoms with Crippen molar-refractivity contribution in [3.05, 3.63) is 41.7 Å². The fourth-order valence-electron chi connectivity index (χ4n) is 1.69. The van der Waals surface area contributed by atoms with Gasteiger partial charge < -0.3 is 10.7 Å². The molecule has 106 valence electrons. The second-order valence-electron chi connectivity index (χ2n) is 4.01. The molecule has 0 unspecified atom stereocenters. The van der Waals surface area contributed by atoms with Crippen molar-refractivity contribution in [3.63, 3.8) is 0 Å². The summed E-state index contributed by atoms with van der Waals surface area (Å²) >= 11 is 0. The average Bonchev–Trinajstić information content (AvgIpc) is 2.40. The van der Waals surface area contributed by atoms with Crippen LogP contribution in [0.2, 0.25) is 0 Å². The van der Waals surface area contributed by atoms with Crippen LogP contribution < -0.4 is 16.6 Å². The highest BCUT2D eigenvalue weighted by atomic mass is 19.4. The molecule has 1 aromatic carbocycles. The number of nitrogen functional groups attached to an aromatic ring is 1. The van der Waals surface area contributed by atoms with Crippen LogP contribution in [0.5, 0.6) is 0 Å². The van der Waals surface area contributed by atoms with Gasteiger partial charge in [0, 0.05) is 5.56 Å². The molecule has 2 aromatic rings. The number of hydrazine groups is 1. The maximum Gasteiger partial charge on any atom is 0.418 e. The number of halogens is 3. The summed E-state index contributed by atoms with van der Waals surface area (Å²) in [4.78, 5) is 7.78. The molecule has 1 aromatic heterocycles. The summed E-state index contributed by atoms with van der Waals surface area (Å²) in [5.74, 6) is 5.86. The predicted octanol–water partition coefficient (Wildman–Crippen LogP) is 2.83. The van der Waals surface area contributed by atoms with Crippen LogP contribution in [0.1, 0.15) is 11.1 Å². The van der Waals surface area contributed by atoms with Crippen LogP contribution in [0.15, 0.2) is 30.6 Å². The van der Waals surface area contributed by atoms with Gasteiger partial charge in [0.1, 0.15) is 18.0 Å². The number of hydrogen-bond acceptors (Lipinski definition) is 5. The van der Waals surface area contributed by atoms with Crippen LogP contribution in [-0.4, -0.2) is 9.97 Å². The molecule has 1 heterocycles. The zero-order valence-corrected chi connectivity index (χ0v) is 10.5. The Morgan fingerprint density at radius 3 is 2.40 bits per heavy atom. The lowest BCUT2D eigenvalue weighted by molar-refractivity contribution is -0.136. The standard InChI is InChI=1S/C12H12F3N5/c1-7-10(17-6-18-11(7)20-16)19-9-5-3-2-4-8(9)12(13,14)15/h2-6H,16H2,1H3,(H2,17,18,19,20). The van der Waals surface area contributed by atoms with Crippen LogP contribution in [-0.2, 0) is 6.18 Å². The van der Waals surface area contributed by atoms with E-state index in [9.17, 15) is 13.2 Å². The monoisotopic (exact) mass is 283 g/mol. The van der Waals surface area contributed by atoms with Crippen LogP contribution in [0.25, 0.3) is 0 Å². The number of alkyl halides is 3. The summed E-state index contributed by atoms with van der Waals surface area (Å²) in [5.41, 5.74) is 2.03. The molecule has 0 atom stereocenters. The number of nitrogens with one attached hydrogen (secondary N) is 2. The van der Waals surface area contributed by atoms with Crippen molar-refractivity contribution in [3.8, 4) is 0 Å². The number of benzene rings is 1. The number of aromatic nitrogens is 2. The molecular weight excluding hydrogens is 271 g/mol. The molecule has 0 aliphatic heterocycles. The van der Waals surface area contributed by atoms with Crippen LogP contribution in [0.3, 0.4) is 0 Å². The molecule has 0 fully saturated rings. The Balaban J connectivity index is 2.41. The Kier molecular flexibility index (Phi) is 3.75. The summed E-state index contributed by atoms with van der Waals surface area (Å²) in [5, 5.41) is 2.66. The molecule has 0 aliphatic rings. The van der Waals surface area contributed by atoms with Gasteiger partial charge in [0.15, 0.2) is 0 Å². The largest absolute Gasteiger partial charge is 0.418 e. The molecular formula is C12H12F3N5. The molecule has 4 N–H and O–H groups in total. The molecule has 0 saturated carbocycles. The normalized spacial score (nSPS) is 11.2. The second kappa shape index (κ2) is 5.33. The predicted molar refractivity (Wildman–Crippen MR) is 69.3 cm³/mol. The third-order valence-corrected chi connectivity index (χ3v) is 2.71. The fraction of sp³-hybridized carbons (Fsp3) is 0.167. The first-order chi connectivity index (χ1) is 9.43. The highest BCUT2D eigenvalue weighted by Crippen LogP contribution is 2.36. The van der Waals surface area contributed by atoms with Crippen LogP contribution in [0.4, 0.5) is 30.5 Å². The zero-order valence-electron chi connectivity index (χ0n) is 10.5. The minimum Gasteiger partial charge on any atom is -0.339 e. The molecule has 0 radical (unpaired) electrons. The number of nitrogens with two attached hydrogens (primary N) is 1. The molecule has 2 rings (SSSR count). The Hall–Kier alpha value is -2.35. The smallest absolute Gasteiger partial charge is 0.339 e. The lowest BCUT2D eigenvalue weighted by Crippen LogP contribution is -2.13.